The van der Waals surface area contributed by atoms with E-state index in [1.54, 1.807) is 31.1 Å². The number of hydrogen-bond acceptors (Lipinski definition) is 6. The number of carbonyl (C=O) groups excluding carboxylic acids is 2. The summed E-state index contributed by atoms with van der Waals surface area (Å²) in [5.74, 6) is 0.258. The summed E-state index contributed by atoms with van der Waals surface area (Å²) in [5.41, 5.74) is 1.06. The monoisotopic (exact) mass is 426 g/mol. The number of ether oxygens (including phenoxy) is 1. The molecule has 0 spiro atoms. The Kier molecular flexibility index (Phi) is 5.54. The van der Waals surface area contributed by atoms with Gasteiger partial charge in [-0.2, -0.15) is 0 Å². The van der Waals surface area contributed by atoms with Gasteiger partial charge in [0.2, 0.25) is 5.91 Å². The molecule has 2 amide bonds. The number of nitrogens with one attached hydrogen (secondary N) is 2. The molecule has 9 heteroatoms. The third-order valence-electron chi connectivity index (χ3n) is 5.44. The number of methoxy groups -OCH3 is 1. The number of fused-ring (bicyclic) bond motifs is 1. The minimum absolute atomic E-state index is 0.0691. The molecule has 4 rings (SSSR count). The maximum Gasteiger partial charge on any atom is 0.264 e. The van der Waals surface area contributed by atoms with Crippen molar-refractivity contribution in [3.8, 4) is 5.75 Å². The fourth-order valence-electron chi connectivity index (χ4n) is 3.75. The number of hydrogen-bond donors (Lipinski definition) is 2. The van der Waals surface area contributed by atoms with E-state index in [0.717, 1.165) is 0 Å². The van der Waals surface area contributed by atoms with Crippen molar-refractivity contribution >= 4 is 39.1 Å². The highest BCUT2D eigenvalue weighted by Crippen LogP contribution is 2.30. The number of amides is 2. The van der Waals surface area contributed by atoms with E-state index in [1.807, 2.05) is 12.1 Å². The van der Waals surface area contributed by atoms with Gasteiger partial charge in [0.05, 0.1) is 29.4 Å². The second-order valence-electron chi connectivity index (χ2n) is 7.22. The molecule has 3 aromatic rings. The Morgan fingerprint density at radius 3 is 2.70 bits per heavy atom. The predicted octanol–water partition coefficient (Wildman–Crippen LogP) is 2.79. The van der Waals surface area contributed by atoms with Crippen LogP contribution in [0.3, 0.4) is 0 Å². The zero-order valence-electron chi connectivity index (χ0n) is 16.7. The van der Waals surface area contributed by atoms with Crippen LogP contribution in [0.25, 0.3) is 10.2 Å². The maximum absolute atomic E-state index is 13.0. The third-order valence-corrected chi connectivity index (χ3v) is 6.63. The fourth-order valence-corrected chi connectivity index (χ4v) is 4.87. The van der Waals surface area contributed by atoms with Crippen molar-refractivity contribution in [3.05, 3.63) is 51.4 Å². The molecule has 0 saturated carbocycles. The molecule has 1 aliphatic heterocycles. The Balaban J connectivity index is 1.43. The van der Waals surface area contributed by atoms with E-state index in [2.05, 4.69) is 15.3 Å². The third kappa shape index (κ3) is 3.68. The Labute approximate surface area is 176 Å². The quantitative estimate of drug-likeness (QED) is 0.668. The molecule has 0 aliphatic carbocycles. The Bertz CT molecular complexity index is 1160. The summed E-state index contributed by atoms with van der Waals surface area (Å²) < 4.78 is 5.28. The predicted molar refractivity (Wildman–Crippen MR) is 115 cm³/mol. The molecule has 2 N–H and O–H groups in total. The molecular weight excluding hydrogens is 404 g/mol. The van der Waals surface area contributed by atoms with Gasteiger partial charge in [0, 0.05) is 19.0 Å². The number of aromatic nitrogens is 2. The van der Waals surface area contributed by atoms with Crippen LogP contribution in [-0.4, -0.2) is 46.9 Å². The highest BCUT2D eigenvalue weighted by Gasteiger charge is 2.30. The summed E-state index contributed by atoms with van der Waals surface area (Å²) >= 11 is 1.24. The smallest absolute Gasteiger partial charge is 0.264 e. The number of H-pyrrole nitrogens is 1. The van der Waals surface area contributed by atoms with E-state index in [9.17, 15) is 14.4 Å². The molecule has 2 aromatic heterocycles. The molecule has 3 heterocycles. The molecule has 1 saturated heterocycles. The van der Waals surface area contributed by atoms with Gasteiger partial charge in [-0.15, -0.1) is 11.3 Å². The highest BCUT2D eigenvalue weighted by molar-refractivity contribution is 7.20. The normalized spacial score (nSPS) is 14.7. The first-order chi connectivity index (χ1) is 14.5. The summed E-state index contributed by atoms with van der Waals surface area (Å²) in [6, 6.07) is 7.28. The average molecular weight is 426 g/mol. The van der Waals surface area contributed by atoms with E-state index in [4.69, 9.17) is 4.74 Å². The molecule has 0 atom stereocenters. The molecule has 1 aromatic carbocycles. The minimum atomic E-state index is -0.237. The van der Waals surface area contributed by atoms with Gasteiger partial charge in [0.15, 0.2) is 0 Å². The van der Waals surface area contributed by atoms with Crippen LogP contribution in [0.2, 0.25) is 0 Å². The first-order valence-electron chi connectivity index (χ1n) is 9.69. The van der Waals surface area contributed by atoms with Gasteiger partial charge in [-0.3, -0.25) is 14.4 Å². The molecule has 1 fully saturated rings. The van der Waals surface area contributed by atoms with Crippen molar-refractivity contribution in [3.63, 3.8) is 0 Å². The van der Waals surface area contributed by atoms with Gasteiger partial charge in [-0.25, -0.2) is 4.98 Å². The number of rotatable bonds is 4. The summed E-state index contributed by atoms with van der Waals surface area (Å²) in [4.78, 5) is 47.3. The summed E-state index contributed by atoms with van der Waals surface area (Å²) in [5, 5.41) is 3.40. The van der Waals surface area contributed by atoms with Crippen molar-refractivity contribution in [2.24, 2.45) is 5.92 Å². The number of carbonyl (C=O) groups is 2. The first kappa shape index (κ1) is 20.1. The lowest BCUT2D eigenvalue weighted by Crippen LogP contribution is -2.41. The number of nitrogens with zero attached hydrogens (tertiary/aromatic N) is 2. The second kappa shape index (κ2) is 8.27. The minimum Gasteiger partial charge on any atom is -0.495 e. The number of piperidine rings is 1. The number of aromatic amines is 1. The topological polar surface area (TPSA) is 104 Å². The lowest BCUT2D eigenvalue weighted by molar-refractivity contribution is -0.121. The van der Waals surface area contributed by atoms with E-state index < -0.39 is 0 Å². The molecule has 8 nitrogen and oxygen atoms in total. The standard InChI is InChI=1S/C21H22N4O4S/c1-12-16-19(27)22-11-23-20(16)30-17(12)21(28)25-9-7-13(8-10-25)18(26)24-14-5-3-4-6-15(14)29-2/h3-6,11,13H,7-10H2,1-2H3,(H,24,26)(H,22,23,27). The van der Waals surface area contributed by atoms with Crippen LogP contribution in [0.5, 0.6) is 5.75 Å². The van der Waals surface area contributed by atoms with E-state index in [0.29, 0.717) is 58.0 Å². The first-order valence-corrected chi connectivity index (χ1v) is 10.5. The average Bonchev–Trinajstić information content (AvgIpc) is 3.11. The van der Waals surface area contributed by atoms with Crippen LogP contribution >= 0.6 is 11.3 Å². The van der Waals surface area contributed by atoms with Gasteiger partial charge >= 0.3 is 0 Å². The SMILES string of the molecule is COc1ccccc1NC(=O)C1CCN(C(=O)c2sc3nc[nH]c(=O)c3c2C)CC1. The fraction of sp³-hybridized carbons (Fsp3) is 0.333. The molecule has 0 unspecified atom stereocenters. The molecule has 1 aliphatic rings. The number of likely N-dealkylation sites (tertiary alicyclic amines) is 1. The van der Waals surface area contributed by atoms with E-state index in [-0.39, 0.29) is 23.3 Å². The van der Waals surface area contributed by atoms with Gasteiger partial charge < -0.3 is 19.9 Å². The summed E-state index contributed by atoms with van der Waals surface area (Å²) in [6.45, 7) is 2.75. The summed E-state index contributed by atoms with van der Waals surface area (Å²) in [7, 11) is 1.56. The van der Waals surface area contributed by atoms with Gasteiger partial charge in [-0.05, 0) is 37.5 Å². The van der Waals surface area contributed by atoms with Crippen molar-refractivity contribution < 1.29 is 14.3 Å². The number of aryl methyl sites for hydroxylation is 1. The summed E-state index contributed by atoms with van der Waals surface area (Å²) in [6.07, 6.45) is 2.51. The molecular formula is C21H22N4O4S. The molecule has 156 valence electrons. The van der Waals surface area contributed by atoms with Gasteiger partial charge in [0.1, 0.15) is 10.6 Å². The van der Waals surface area contributed by atoms with E-state index in [1.165, 1.54) is 17.7 Å². The zero-order chi connectivity index (χ0) is 21.3. The van der Waals surface area contributed by atoms with Crippen molar-refractivity contribution in [2.75, 3.05) is 25.5 Å². The number of para-hydroxylation sites is 2. The Hall–Kier alpha value is -3.20. The van der Waals surface area contributed by atoms with Crippen molar-refractivity contribution in [1.82, 2.24) is 14.9 Å². The van der Waals surface area contributed by atoms with Crippen LogP contribution in [0, 0.1) is 12.8 Å². The van der Waals surface area contributed by atoms with Gasteiger partial charge in [0.25, 0.3) is 11.5 Å². The maximum atomic E-state index is 13.0. The van der Waals surface area contributed by atoms with Crippen LogP contribution in [0.4, 0.5) is 5.69 Å². The Morgan fingerprint density at radius 2 is 2.00 bits per heavy atom. The number of benzene rings is 1. The van der Waals surface area contributed by atoms with Crippen molar-refractivity contribution in [1.29, 1.82) is 0 Å². The van der Waals surface area contributed by atoms with Crippen LogP contribution in [0.15, 0.2) is 35.4 Å². The van der Waals surface area contributed by atoms with E-state index >= 15 is 0 Å². The largest absolute Gasteiger partial charge is 0.495 e. The molecule has 0 bridgehead atoms. The zero-order valence-corrected chi connectivity index (χ0v) is 17.5. The molecule has 0 radical (unpaired) electrons. The van der Waals surface area contributed by atoms with Crippen molar-refractivity contribution in [2.45, 2.75) is 19.8 Å². The highest BCUT2D eigenvalue weighted by atomic mass is 32.1. The van der Waals surface area contributed by atoms with Crippen LogP contribution in [-0.2, 0) is 4.79 Å². The number of anilines is 1. The lowest BCUT2D eigenvalue weighted by Gasteiger charge is -2.31. The second-order valence-corrected chi connectivity index (χ2v) is 8.22. The lowest BCUT2D eigenvalue weighted by atomic mass is 9.95. The van der Waals surface area contributed by atoms with Crippen LogP contribution < -0.4 is 15.6 Å². The Morgan fingerprint density at radius 1 is 1.27 bits per heavy atom. The van der Waals surface area contributed by atoms with Crippen LogP contribution in [0.1, 0.15) is 28.1 Å². The molecule has 30 heavy (non-hydrogen) atoms. The number of thiophene rings is 1. The van der Waals surface area contributed by atoms with Gasteiger partial charge in [-0.1, -0.05) is 12.1 Å².